The van der Waals surface area contributed by atoms with E-state index in [1.165, 1.54) is 0 Å². The van der Waals surface area contributed by atoms with Gasteiger partial charge in [0, 0.05) is 16.1 Å². The van der Waals surface area contributed by atoms with Crippen molar-refractivity contribution in [3.63, 3.8) is 0 Å². The third-order valence-corrected chi connectivity index (χ3v) is 2.80. The Kier molecular flexibility index (Phi) is 2.39. The normalized spacial score (nSPS) is 10.4. The van der Waals surface area contributed by atoms with Crippen LogP contribution in [0.3, 0.4) is 0 Å². The van der Waals surface area contributed by atoms with Gasteiger partial charge >= 0.3 is 0 Å². The molecule has 0 unspecified atom stereocenters. The molecule has 0 radical (unpaired) electrons. The number of nitrogens with zero attached hydrogens (tertiary/aromatic N) is 2. The maximum atomic E-state index is 5.86. The molecular formula is C9H8ClN3S. The first-order valence-electron chi connectivity index (χ1n) is 4.01. The molecule has 14 heavy (non-hydrogen) atoms. The summed E-state index contributed by atoms with van der Waals surface area (Å²) in [6.45, 7) is 2.00. The van der Waals surface area contributed by atoms with Crippen LogP contribution < -0.4 is 5.73 Å². The van der Waals surface area contributed by atoms with Crippen molar-refractivity contribution in [3.05, 3.63) is 28.2 Å². The van der Waals surface area contributed by atoms with E-state index < -0.39 is 0 Å². The number of anilines is 1. The van der Waals surface area contributed by atoms with Crippen molar-refractivity contribution in [3.8, 4) is 10.7 Å². The largest absolute Gasteiger partial charge is 0.384 e. The molecule has 2 rings (SSSR count). The van der Waals surface area contributed by atoms with E-state index in [4.69, 9.17) is 17.3 Å². The molecule has 0 spiro atoms. The number of aryl methyl sites for hydroxylation is 1. The molecule has 0 aromatic carbocycles. The van der Waals surface area contributed by atoms with E-state index in [1.807, 2.05) is 6.92 Å². The van der Waals surface area contributed by atoms with Crippen molar-refractivity contribution in [2.75, 3.05) is 5.73 Å². The van der Waals surface area contributed by atoms with E-state index in [9.17, 15) is 0 Å². The summed E-state index contributed by atoms with van der Waals surface area (Å²) in [5.41, 5.74) is 6.31. The summed E-state index contributed by atoms with van der Waals surface area (Å²) in [7, 11) is 0. The van der Waals surface area contributed by atoms with Gasteiger partial charge in [0.05, 0.1) is 0 Å². The van der Waals surface area contributed by atoms with Gasteiger partial charge in [0.25, 0.3) is 0 Å². The minimum atomic E-state index is 0.417. The fraction of sp³-hybridized carbons (Fsp3) is 0.111. The second-order valence-electron chi connectivity index (χ2n) is 2.87. The fourth-order valence-electron chi connectivity index (χ4n) is 1.10. The lowest BCUT2D eigenvalue weighted by Crippen LogP contribution is -1.91. The van der Waals surface area contributed by atoms with Gasteiger partial charge in [-0.05, 0) is 19.1 Å². The number of pyridine rings is 1. The van der Waals surface area contributed by atoms with E-state index in [2.05, 4.69) is 9.97 Å². The van der Waals surface area contributed by atoms with Crippen molar-refractivity contribution in [1.29, 1.82) is 0 Å². The van der Waals surface area contributed by atoms with Gasteiger partial charge in [0.1, 0.15) is 16.5 Å². The van der Waals surface area contributed by atoms with Gasteiger partial charge in [-0.3, -0.25) is 0 Å². The van der Waals surface area contributed by atoms with Crippen molar-refractivity contribution in [2.24, 2.45) is 0 Å². The predicted octanol–water partition coefficient (Wildman–Crippen LogP) is 2.75. The van der Waals surface area contributed by atoms with E-state index in [0.29, 0.717) is 10.8 Å². The van der Waals surface area contributed by atoms with Crippen LogP contribution in [0.4, 0.5) is 5.82 Å². The van der Waals surface area contributed by atoms with E-state index in [-0.39, 0.29) is 0 Å². The zero-order chi connectivity index (χ0) is 10.1. The van der Waals surface area contributed by atoms with E-state index in [0.717, 1.165) is 15.6 Å². The molecule has 0 aliphatic carbocycles. The number of nitrogens with two attached hydrogens (primary N) is 1. The average Bonchev–Trinajstić information content (AvgIpc) is 2.50. The molecule has 0 bridgehead atoms. The molecule has 72 valence electrons. The number of hydrogen-bond donors (Lipinski definition) is 1. The minimum absolute atomic E-state index is 0.417. The van der Waals surface area contributed by atoms with Crippen molar-refractivity contribution >= 4 is 28.8 Å². The Morgan fingerprint density at radius 3 is 2.79 bits per heavy atom. The Labute approximate surface area is 90.6 Å². The maximum absolute atomic E-state index is 5.86. The van der Waals surface area contributed by atoms with Gasteiger partial charge in [-0.1, -0.05) is 11.6 Å². The summed E-state index contributed by atoms with van der Waals surface area (Å²) in [6.07, 6.45) is 1.80. The molecule has 2 aromatic heterocycles. The van der Waals surface area contributed by atoms with Crippen LogP contribution in [0.1, 0.15) is 4.88 Å². The highest BCUT2D eigenvalue weighted by Crippen LogP contribution is 2.26. The Hall–Kier alpha value is -1.13. The highest BCUT2D eigenvalue weighted by Gasteiger charge is 2.05. The number of halogens is 1. The van der Waals surface area contributed by atoms with Gasteiger partial charge in [-0.15, -0.1) is 11.3 Å². The van der Waals surface area contributed by atoms with Crippen LogP contribution in [0, 0.1) is 6.92 Å². The van der Waals surface area contributed by atoms with Gasteiger partial charge in [-0.25, -0.2) is 9.97 Å². The fourth-order valence-corrected chi connectivity index (χ4v) is 2.04. The lowest BCUT2D eigenvalue weighted by atomic mass is 10.3. The van der Waals surface area contributed by atoms with Crippen LogP contribution >= 0.6 is 22.9 Å². The summed E-state index contributed by atoms with van der Waals surface area (Å²) < 4.78 is 0. The van der Waals surface area contributed by atoms with Crippen LogP contribution in [-0.2, 0) is 0 Å². The lowest BCUT2D eigenvalue weighted by molar-refractivity contribution is 1.29. The zero-order valence-corrected chi connectivity index (χ0v) is 9.06. The summed E-state index contributed by atoms with van der Waals surface area (Å²) in [5, 5.41) is 1.43. The van der Waals surface area contributed by atoms with Crippen LogP contribution in [0.15, 0.2) is 18.3 Å². The molecule has 0 amide bonds. The third-order valence-electron chi connectivity index (χ3n) is 1.65. The predicted molar refractivity (Wildman–Crippen MR) is 59.5 cm³/mol. The summed E-state index contributed by atoms with van der Waals surface area (Å²) in [6, 6.07) is 3.38. The first-order chi connectivity index (χ1) is 6.65. The summed E-state index contributed by atoms with van der Waals surface area (Å²) >= 11 is 7.43. The number of aromatic nitrogens is 2. The van der Waals surface area contributed by atoms with Gasteiger partial charge in [-0.2, -0.15) is 0 Å². The second-order valence-corrected chi connectivity index (χ2v) is 4.54. The summed E-state index contributed by atoms with van der Waals surface area (Å²) in [5.74, 6) is 0.417. The van der Waals surface area contributed by atoms with Crippen LogP contribution in [0.25, 0.3) is 10.7 Å². The molecule has 0 aliphatic heterocycles. The molecule has 0 fully saturated rings. The molecule has 5 heteroatoms. The number of rotatable bonds is 1. The molecule has 0 saturated heterocycles. The molecule has 2 aromatic rings. The zero-order valence-electron chi connectivity index (χ0n) is 7.49. The van der Waals surface area contributed by atoms with E-state index in [1.54, 1.807) is 29.7 Å². The quantitative estimate of drug-likeness (QED) is 0.812. The number of nitrogen functional groups attached to an aromatic ring is 1. The molecule has 0 atom stereocenters. The SMILES string of the molecule is Cc1cnc(-c2cc(Cl)cc(N)n2)s1. The van der Waals surface area contributed by atoms with Crippen LogP contribution in [0.5, 0.6) is 0 Å². The van der Waals surface area contributed by atoms with Crippen LogP contribution in [-0.4, -0.2) is 9.97 Å². The Balaban J connectivity index is 2.51. The number of thiazole rings is 1. The first-order valence-corrected chi connectivity index (χ1v) is 5.20. The monoisotopic (exact) mass is 225 g/mol. The van der Waals surface area contributed by atoms with E-state index >= 15 is 0 Å². The molecule has 0 saturated carbocycles. The molecule has 3 nitrogen and oxygen atoms in total. The lowest BCUT2D eigenvalue weighted by Gasteiger charge is -1.98. The smallest absolute Gasteiger partial charge is 0.142 e. The number of hydrogen-bond acceptors (Lipinski definition) is 4. The summed E-state index contributed by atoms with van der Waals surface area (Å²) in [4.78, 5) is 9.51. The van der Waals surface area contributed by atoms with Crippen LogP contribution in [0.2, 0.25) is 5.02 Å². The third kappa shape index (κ3) is 1.86. The maximum Gasteiger partial charge on any atom is 0.142 e. The van der Waals surface area contributed by atoms with Gasteiger partial charge in [0.15, 0.2) is 0 Å². The van der Waals surface area contributed by atoms with Gasteiger partial charge < -0.3 is 5.73 Å². The Bertz CT molecular complexity index is 447. The highest BCUT2D eigenvalue weighted by atomic mass is 35.5. The van der Waals surface area contributed by atoms with Crippen molar-refractivity contribution < 1.29 is 0 Å². The van der Waals surface area contributed by atoms with Crippen molar-refractivity contribution in [2.45, 2.75) is 6.92 Å². The minimum Gasteiger partial charge on any atom is -0.384 e. The molecular weight excluding hydrogens is 218 g/mol. The van der Waals surface area contributed by atoms with Crippen molar-refractivity contribution in [1.82, 2.24) is 9.97 Å². The standard InChI is InChI=1S/C9H8ClN3S/c1-5-4-12-9(14-5)7-2-6(10)3-8(11)13-7/h2-4H,1H3,(H2,11,13). The first kappa shape index (κ1) is 9.43. The molecule has 2 N–H and O–H groups in total. The average molecular weight is 226 g/mol. The molecule has 0 aliphatic rings. The second kappa shape index (κ2) is 3.55. The highest BCUT2D eigenvalue weighted by molar-refractivity contribution is 7.14. The van der Waals surface area contributed by atoms with Gasteiger partial charge in [0.2, 0.25) is 0 Å². The topological polar surface area (TPSA) is 51.8 Å². The Morgan fingerprint density at radius 2 is 2.21 bits per heavy atom. The Morgan fingerprint density at radius 1 is 1.43 bits per heavy atom. The molecule has 2 heterocycles.